The summed E-state index contributed by atoms with van der Waals surface area (Å²) in [5.41, 5.74) is 1.15. The van der Waals surface area contributed by atoms with Gasteiger partial charge in [-0.25, -0.2) is 4.98 Å². The summed E-state index contributed by atoms with van der Waals surface area (Å²) < 4.78 is 12.0. The van der Waals surface area contributed by atoms with Crippen molar-refractivity contribution in [2.45, 2.75) is 25.9 Å². The van der Waals surface area contributed by atoms with Crippen molar-refractivity contribution in [2.75, 3.05) is 24.6 Å². The average molecular weight is 478 g/mol. The Morgan fingerprint density at radius 1 is 1.21 bits per heavy atom. The summed E-state index contributed by atoms with van der Waals surface area (Å²) in [7, 11) is 0. The van der Waals surface area contributed by atoms with Crippen molar-refractivity contribution in [2.24, 2.45) is 0 Å². The van der Waals surface area contributed by atoms with Crippen LogP contribution in [0, 0.1) is 11.3 Å². The van der Waals surface area contributed by atoms with E-state index in [-0.39, 0.29) is 16.8 Å². The number of amides is 2. The maximum Gasteiger partial charge on any atom is 0.263 e. The number of piperidine rings is 1. The molecule has 0 aliphatic carbocycles. The van der Waals surface area contributed by atoms with E-state index in [0.29, 0.717) is 35.1 Å². The van der Waals surface area contributed by atoms with Gasteiger partial charge in [0.2, 0.25) is 0 Å². The van der Waals surface area contributed by atoms with Crippen LogP contribution in [0.4, 0.5) is 5.82 Å². The van der Waals surface area contributed by atoms with Crippen LogP contribution in [0.25, 0.3) is 6.08 Å². The molecule has 0 spiro atoms. The van der Waals surface area contributed by atoms with E-state index in [1.807, 2.05) is 6.92 Å². The molecule has 1 aromatic heterocycles. The molecule has 10 heteroatoms. The third-order valence-electron chi connectivity index (χ3n) is 5.46. The fraction of sp³-hybridized carbons (Fsp3) is 0.292. The lowest BCUT2D eigenvalue weighted by molar-refractivity contribution is -0.123. The predicted octanol–water partition coefficient (Wildman–Crippen LogP) is 2.31. The number of carbonyl (C=O) groups is 2. The zero-order valence-corrected chi connectivity index (χ0v) is 19.4. The lowest BCUT2D eigenvalue weighted by Gasteiger charge is -2.33. The third kappa shape index (κ3) is 5.15. The number of hydrogen-bond acceptors (Lipinski definition) is 8. The molecule has 0 saturated carbocycles. The molecule has 2 aliphatic heterocycles. The van der Waals surface area contributed by atoms with Gasteiger partial charge in [0, 0.05) is 32.1 Å². The van der Waals surface area contributed by atoms with Gasteiger partial charge in [0.05, 0.1) is 12.2 Å². The number of rotatable bonds is 6. The summed E-state index contributed by atoms with van der Waals surface area (Å²) in [5, 5.41) is 14.2. The Labute approximate surface area is 202 Å². The molecular weight excluding hydrogens is 454 g/mol. The minimum atomic E-state index is -0.550. The highest BCUT2D eigenvalue weighted by Crippen LogP contribution is 2.32. The van der Waals surface area contributed by atoms with Crippen LogP contribution >= 0.6 is 12.2 Å². The first-order valence-electron chi connectivity index (χ1n) is 10.9. The number of nitriles is 1. The number of thiocarbonyl (C=S) groups is 1. The second kappa shape index (κ2) is 10.3. The largest absolute Gasteiger partial charge is 0.490 e. The third-order valence-corrected chi connectivity index (χ3v) is 5.67. The summed E-state index contributed by atoms with van der Waals surface area (Å²) in [6.45, 7) is 3.74. The van der Waals surface area contributed by atoms with Crippen LogP contribution in [-0.2, 0) is 9.59 Å². The van der Waals surface area contributed by atoms with Crippen molar-refractivity contribution in [3.63, 3.8) is 0 Å². The van der Waals surface area contributed by atoms with Gasteiger partial charge in [-0.05, 0) is 55.0 Å². The van der Waals surface area contributed by atoms with Crippen LogP contribution in [-0.4, -0.2) is 47.7 Å². The number of anilines is 1. The van der Waals surface area contributed by atoms with Gasteiger partial charge in [-0.15, -0.1) is 0 Å². The van der Waals surface area contributed by atoms with Crippen molar-refractivity contribution in [3.8, 4) is 17.6 Å². The normalized spacial score (nSPS) is 16.4. The van der Waals surface area contributed by atoms with E-state index in [1.54, 1.807) is 36.5 Å². The molecule has 0 radical (unpaired) electrons. The molecule has 2 N–H and O–H groups in total. The van der Waals surface area contributed by atoms with Gasteiger partial charge in [-0.1, -0.05) is 6.07 Å². The quantitative estimate of drug-likeness (QED) is 0.370. The first-order valence-corrected chi connectivity index (χ1v) is 11.3. The number of ether oxygens (including phenoxy) is 2. The van der Waals surface area contributed by atoms with E-state index in [2.05, 4.69) is 26.6 Å². The van der Waals surface area contributed by atoms with Gasteiger partial charge in [-0.2, -0.15) is 5.26 Å². The van der Waals surface area contributed by atoms with Crippen LogP contribution in [0.2, 0.25) is 0 Å². The first-order chi connectivity index (χ1) is 16.5. The maximum absolute atomic E-state index is 12.1. The van der Waals surface area contributed by atoms with E-state index >= 15 is 0 Å². The minimum absolute atomic E-state index is 0.0103. The molecule has 0 atom stereocenters. The molecule has 0 bridgehead atoms. The molecule has 2 aliphatic rings. The highest BCUT2D eigenvalue weighted by atomic mass is 32.1. The Kier molecular flexibility index (Phi) is 7.04. The van der Waals surface area contributed by atoms with Crippen LogP contribution in [0.5, 0.6) is 11.5 Å². The van der Waals surface area contributed by atoms with Crippen LogP contribution in [0.15, 0.2) is 42.1 Å². The molecule has 34 heavy (non-hydrogen) atoms. The summed E-state index contributed by atoms with van der Waals surface area (Å²) in [4.78, 5) is 30.7. The predicted molar refractivity (Wildman–Crippen MR) is 129 cm³/mol. The fourth-order valence-corrected chi connectivity index (χ4v) is 4.04. The van der Waals surface area contributed by atoms with Crippen LogP contribution in [0.1, 0.15) is 30.9 Å². The second-order valence-electron chi connectivity index (χ2n) is 7.73. The summed E-state index contributed by atoms with van der Waals surface area (Å²) in [6, 6.07) is 11.0. The van der Waals surface area contributed by atoms with Crippen LogP contribution in [0.3, 0.4) is 0 Å². The lowest BCUT2D eigenvalue weighted by Crippen LogP contribution is -2.51. The molecule has 1 aromatic carbocycles. The fourth-order valence-electron chi connectivity index (χ4n) is 3.85. The molecule has 2 amide bonds. The molecule has 9 nitrogen and oxygen atoms in total. The van der Waals surface area contributed by atoms with E-state index in [1.165, 1.54) is 6.08 Å². The van der Waals surface area contributed by atoms with Gasteiger partial charge in [0.15, 0.2) is 16.6 Å². The monoisotopic (exact) mass is 477 g/mol. The number of carbonyl (C=O) groups excluding carboxylic acids is 2. The van der Waals surface area contributed by atoms with Crippen molar-refractivity contribution in [1.82, 2.24) is 15.6 Å². The Morgan fingerprint density at radius 3 is 2.62 bits per heavy atom. The zero-order valence-electron chi connectivity index (χ0n) is 18.5. The molecular formula is C24H23N5O4S. The molecule has 2 fully saturated rings. The Balaban J connectivity index is 1.46. The number of pyridine rings is 1. The standard InChI is InChI=1S/C24H23N5O4S/c1-2-32-20-13-15(12-18-22(30)27-24(34)28-23(18)31)5-6-19(20)33-17-7-10-29(11-8-17)21-16(14-25)4-3-9-26-21/h3-6,9,12-13,17H,2,7-8,10-11H2,1H3,(H2,27,28,30,31,34). The van der Waals surface area contributed by atoms with Gasteiger partial charge in [-0.3, -0.25) is 20.2 Å². The Morgan fingerprint density at radius 2 is 1.94 bits per heavy atom. The number of nitrogens with zero attached hydrogens (tertiary/aromatic N) is 3. The Bertz CT molecular complexity index is 1180. The van der Waals surface area contributed by atoms with Crippen molar-refractivity contribution >= 4 is 41.0 Å². The smallest absolute Gasteiger partial charge is 0.263 e. The number of nitrogens with one attached hydrogen (secondary N) is 2. The average Bonchev–Trinajstić information content (AvgIpc) is 2.83. The Hall–Kier alpha value is -3.97. The number of benzene rings is 1. The van der Waals surface area contributed by atoms with E-state index < -0.39 is 11.8 Å². The lowest BCUT2D eigenvalue weighted by atomic mass is 10.1. The zero-order chi connectivity index (χ0) is 24.1. The number of hydrogen-bond donors (Lipinski definition) is 2. The van der Waals surface area contributed by atoms with E-state index in [4.69, 9.17) is 21.7 Å². The summed E-state index contributed by atoms with van der Waals surface area (Å²) in [5.74, 6) is 0.726. The van der Waals surface area contributed by atoms with Gasteiger partial charge in [0.25, 0.3) is 11.8 Å². The summed E-state index contributed by atoms with van der Waals surface area (Å²) in [6.07, 6.45) is 4.68. The van der Waals surface area contributed by atoms with Crippen LogP contribution < -0.4 is 25.0 Å². The maximum atomic E-state index is 12.1. The molecule has 174 valence electrons. The van der Waals surface area contributed by atoms with E-state index in [0.717, 1.165) is 25.9 Å². The first kappa shape index (κ1) is 23.2. The highest BCUT2D eigenvalue weighted by Gasteiger charge is 2.26. The SMILES string of the molecule is CCOc1cc(C=C2C(=O)NC(=S)NC2=O)ccc1OC1CCN(c2ncccc2C#N)CC1. The van der Waals surface area contributed by atoms with Gasteiger partial charge < -0.3 is 14.4 Å². The van der Waals surface area contributed by atoms with Gasteiger partial charge in [0.1, 0.15) is 23.6 Å². The van der Waals surface area contributed by atoms with Crippen molar-refractivity contribution < 1.29 is 19.1 Å². The highest BCUT2D eigenvalue weighted by molar-refractivity contribution is 7.80. The molecule has 4 rings (SSSR count). The molecule has 0 unspecified atom stereocenters. The molecule has 3 heterocycles. The minimum Gasteiger partial charge on any atom is -0.490 e. The van der Waals surface area contributed by atoms with Gasteiger partial charge >= 0.3 is 0 Å². The number of aromatic nitrogens is 1. The second-order valence-corrected chi connectivity index (χ2v) is 8.13. The summed E-state index contributed by atoms with van der Waals surface area (Å²) >= 11 is 4.83. The topological polar surface area (TPSA) is 117 Å². The molecule has 2 saturated heterocycles. The van der Waals surface area contributed by atoms with Crippen molar-refractivity contribution in [1.29, 1.82) is 5.26 Å². The molecule has 2 aromatic rings. The van der Waals surface area contributed by atoms with Crippen molar-refractivity contribution in [3.05, 3.63) is 53.2 Å². The van der Waals surface area contributed by atoms with E-state index in [9.17, 15) is 14.9 Å².